The standard InChI is InChI=1S/C17H27N3O4S/c1-4-20(5-2)11-7-6-10-18-25(22,23)14-8-9-16-15(12-14)19-17(21)13(3)24-16/h8-9,12-13,18H,4-7,10-11H2,1-3H3,(H,19,21). The highest BCUT2D eigenvalue weighted by molar-refractivity contribution is 7.89. The van der Waals surface area contributed by atoms with E-state index in [9.17, 15) is 13.2 Å². The first-order valence-corrected chi connectivity index (χ1v) is 10.2. The van der Waals surface area contributed by atoms with E-state index in [0.29, 0.717) is 18.0 Å². The van der Waals surface area contributed by atoms with Gasteiger partial charge in [-0.2, -0.15) is 0 Å². The summed E-state index contributed by atoms with van der Waals surface area (Å²) in [6, 6.07) is 4.48. The summed E-state index contributed by atoms with van der Waals surface area (Å²) in [7, 11) is -3.61. The van der Waals surface area contributed by atoms with Gasteiger partial charge in [0.05, 0.1) is 10.6 Å². The molecule has 25 heavy (non-hydrogen) atoms. The van der Waals surface area contributed by atoms with E-state index in [1.54, 1.807) is 13.0 Å². The molecule has 1 atom stereocenters. The number of nitrogens with one attached hydrogen (secondary N) is 2. The molecule has 0 saturated carbocycles. The minimum Gasteiger partial charge on any atom is -0.479 e. The molecular formula is C17H27N3O4S. The molecule has 0 bridgehead atoms. The highest BCUT2D eigenvalue weighted by Crippen LogP contribution is 2.31. The molecule has 2 N–H and O–H groups in total. The monoisotopic (exact) mass is 369 g/mol. The van der Waals surface area contributed by atoms with Crippen LogP contribution in [0.15, 0.2) is 23.1 Å². The van der Waals surface area contributed by atoms with Crippen LogP contribution in [0.25, 0.3) is 0 Å². The van der Waals surface area contributed by atoms with Crippen molar-refractivity contribution in [3.05, 3.63) is 18.2 Å². The van der Waals surface area contributed by atoms with E-state index < -0.39 is 16.1 Å². The summed E-state index contributed by atoms with van der Waals surface area (Å²) in [6.07, 6.45) is 1.13. The second-order valence-electron chi connectivity index (χ2n) is 6.04. The number of anilines is 1. The molecule has 0 fully saturated rings. The molecule has 7 nitrogen and oxygen atoms in total. The van der Waals surface area contributed by atoms with Crippen LogP contribution in [0.5, 0.6) is 5.75 Å². The molecule has 2 rings (SSSR count). The maximum absolute atomic E-state index is 12.4. The van der Waals surface area contributed by atoms with Crippen LogP contribution in [0.3, 0.4) is 0 Å². The lowest BCUT2D eigenvalue weighted by atomic mass is 10.2. The maximum Gasteiger partial charge on any atom is 0.265 e. The molecule has 8 heteroatoms. The summed E-state index contributed by atoms with van der Waals surface area (Å²) in [5, 5.41) is 2.66. The van der Waals surface area contributed by atoms with Crippen molar-refractivity contribution in [3.8, 4) is 5.75 Å². The van der Waals surface area contributed by atoms with Crippen LogP contribution in [0.2, 0.25) is 0 Å². The zero-order chi connectivity index (χ0) is 18.4. The number of amides is 1. The van der Waals surface area contributed by atoms with E-state index in [1.807, 2.05) is 0 Å². The molecule has 1 heterocycles. The highest BCUT2D eigenvalue weighted by Gasteiger charge is 2.25. The zero-order valence-corrected chi connectivity index (χ0v) is 15.9. The van der Waals surface area contributed by atoms with E-state index >= 15 is 0 Å². The van der Waals surface area contributed by atoms with Crippen LogP contribution in [0, 0.1) is 0 Å². The Morgan fingerprint density at radius 2 is 1.96 bits per heavy atom. The molecular weight excluding hydrogens is 342 g/mol. The second kappa shape index (κ2) is 8.64. The van der Waals surface area contributed by atoms with Crippen molar-refractivity contribution < 1.29 is 17.9 Å². The second-order valence-corrected chi connectivity index (χ2v) is 7.81. The molecule has 0 aliphatic carbocycles. The van der Waals surface area contributed by atoms with Gasteiger partial charge >= 0.3 is 0 Å². The van der Waals surface area contributed by atoms with Crippen LogP contribution in [0.1, 0.15) is 33.6 Å². The number of hydrogen-bond donors (Lipinski definition) is 2. The highest BCUT2D eigenvalue weighted by atomic mass is 32.2. The van der Waals surface area contributed by atoms with E-state index in [-0.39, 0.29) is 10.8 Å². The number of rotatable bonds is 9. The summed E-state index contributed by atoms with van der Waals surface area (Å²) in [6.45, 7) is 9.24. The van der Waals surface area contributed by atoms with E-state index in [2.05, 4.69) is 28.8 Å². The molecule has 140 valence electrons. The van der Waals surface area contributed by atoms with Gasteiger partial charge in [-0.15, -0.1) is 0 Å². The van der Waals surface area contributed by atoms with Gasteiger partial charge in [-0.25, -0.2) is 13.1 Å². The first-order chi connectivity index (χ1) is 11.9. The Bertz CT molecular complexity index is 702. The van der Waals surface area contributed by atoms with Crippen LogP contribution in [-0.4, -0.2) is 51.5 Å². The third kappa shape index (κ3) is 5.17. The van der Waals surface area contributed by atoms with Crippen molar-refractivity contribution in [3.63, 3.8) is 0 Å². The van der Waals surface area contributed by atoms with E-state index in [1.165, 1.54) is 12.1 Å². The number of sulfonamides is 1. The fraction of sp³-hybridized carbons (Fsp3) is 0.588. The van der Waals surface area contributed by atoms with Gasteiger partial charge < -0.3 is 15.0 Å². The number of carbonyl (C=O) groups excluding carboxylic acids is 1. The van der Waals surface area contributed by atoms with Crippen molar-refractivity contribution in [2.45, 2.75) is 44.6 Å². The number of hydrogen-bond acceptors (Lipinski definition) is 5. The number of benzene rings is 1. The molecule has 1 unspecified atom stereocenters. The average Bonchev–Trinajstić information content (AvgIpc) is 2.58. The largest absolute Gasteiger partial charge is 0.479 e. The van der Waals surface area contributed by atoms with Gasteiger partial charge in [0.15, 0.2) is 6.10 Å². The third-order valence-corrected chi connectivity index (χ3v) is 5.74. The van der Waals surface area contributed by atoms with Gasteiger partial charge in [-0.3, -0.25) is 4.79 Å². The Balaban J connectivity index is 1.92. The minimum absolute atomic E-state index is 0.119. The summed E-state index contributed by atoms with van der Waals surface area (Å²) < 4.78 is 32.8. The summed E-state index contributed by atoms with van der Waals surface area (Å²) in [5.74, 6) is 0.191. The summed E-state index contributed by atoms with van der Waals surface area (Å²) in [5.41, 5.74) is 0.382. The van der Waals surface area contributed by atoms with Crippen LogP contribution >= 0.6 is 0 Å². The first-order valence-electron chi connectivity index (χ1n) is 8.71. The summed E-state index contributed by atoms with van der Waals surface area (Å²) in [4.78, 5) is 14.1. The normalized spacial score (nSPS) is 17.1. The van der Waals surface area contributed by atoms with Gasteiger partial charge in [-0.1, -0.05) is 13.8 Å². The first kappa shape index (κ1) is 19.7. The molecule has 1 aliphatic rings. The van der Waals surface area contributed by atoms with Crippen molar-refractivity contribution in [2.75, 3.05) is 31.5 Å². The van der Waals surface area contributed by atoms with E-state index in [0.717, 1.165) is 32.5 Å². The molecule has 0 aromatic heterocycles. The molecule has 1 amide bonds. The number of nitrogens with zero attached hydrogens (tertiary/aromatic N) is 1. The Labute approximate surface area is 149 Å². The van der Waals surface area contributed by atoms with Crippen LogP contribution < -0.4 is 14.8 Å². The van der Waals surface area contributed by atoms with Gasteiger partial charge in [0, 0.05) is 6.54 Å². The quantitative estimate of drug-likeness (QED) is 0.648. The Morgan fingerprint density at radius 1 is 1.24 bits per heavy atom. The fourth-order valence-corrected chi connectivity index (χ4v) is 3.75. The molecule has 0 radical (unpaired) electrons. The predicted octanol–water partition coefficient (Wildman–Crippen LogP) is 1.81. The average molecular weight is 369 g/mol. The van der Waals surface area contributed by atoms with Crippen molar-refractivity contribution in [2.24, 2.45) is 0 Å². The van der Waals surface area contributed by atoms with Crippen molar-refractivity contribution in [1.82, 2.24) is 9.62 Å². The third-order valence-electron chi connectivity index (χ3n) is 4.28. The predicted molar refractivity (Wildman–Crippen MR) is 97.4 cm³/mol. The number of ether oxygens (including phenoxy) is 1. The fourth-order valence-electron chi connectivity index (χ4n) is 2.65. The van der Waals surface area contributed by atoms with E-state index in [4.69, 9.17) is 4.74 Å². The van der Waals surface area contributed by atoms with Crippen LogP contribution in [-0.2, 0) is 14.8 Å². The van der Waals surface area contributed by atoms with Gasteiger partial charge in [0.1, 0.15) is 5.75 Å². The topological polar surface area (TPSA) is 87.7 Å². The molecule has 1 aliphatic heterocycles. The Morgan fingerprint density at radius 3 is 2.64 bits per heavy atom. The Kier molecular flexibility index (Phi) is 6.80. The van der Waals surface area contributed by atoms with Crippen molar-refractivity contribution >= 4 is 21.6 Å². The lowest BCUT2D eigenvalue weighted by Gasteiger charge is -2.23. The lowest BCUT2D eigenvalue weighted by molar-refractivity contribution is -0.122. The van der Waals surface area contributed by atoms with Crippen molar-refractivity contribution in [1.29, 1.82) is 0 Å². The maximum atomic E-state index is 12.4. The smallest absolute Gasteiger partial charge is 0.265 e. The minimum atomic E-state index is -3.61. The zero-order valence-electron chi connectivity index (χ0n) is 15.0. The molecule has 0 spiro atoms. The SMILES string of the molecule is CCN(CC)CCCCNS(=O)(=O)c1ccc2c(c1)NC(=O)C(C)O2. The lowest BCUT2D eigenvalue weighted by Crippen LogP contribution is -2.34. The van der Waals surface area contributed by atoms with Gasteiger partial charge in [-0.05, 0) is 57.6 Å². The van der Waals surface area contributed by atoms with Gasteiger partial charge in [0.25, 0.3) is 5.91 Å². The number of carbonyl (C=O) groups is 1. The molecule has 1 aromatic carbocycles. The molecule has 0 saturated heterocycles. The summed E-state index contributed by atoms with van der Waals surface area (Å²) >= 11 is 0. The number of unbranched alkanes of at least 4 members (excludes halogenated alkanes) is 1. The number of fused-ring (bicyclic) bond motifs is 1. The Hall–Kier alpha value is -1.64. The van der Waals surface area contributed by atoms with Crippen LogP contribution in [0.4, 0.5) is 5.69 Å². The molecule has 1 aromatic rings. The van der Waals surface area contributed by atoms with Gasteiger partial charge in [0.2, 0.25) is 10.0 Å².